The van der Waals surface area contributed by atoms with E-state index in [1.807, 2.05) is 4.90 Å². The standard InChI is InChI=1S/C13H22ClNO3/c14-9-12-10-15(6-8-18-12)13(16)5-4-11-3-1-2-7-17-11/h11-12H,1-10H2. The van der Waals surface area contributed by atoms with E-state index in [-0.39, 0.29) is 18.1 Å². The summed E-state index contributed by atoms with van der Waals surface area (Å²) in [6, 6.07) is 0. The summed E-state index contributed by atoms with van der Waals surface area (Å²) >= 11 is 5.77. The van der Waals surface area contributed by atoms with Crippen molar-refractivity contribution in [3.8, 4) is 0 Å². The molecule has 0 spiro atoms. The quantitative estimate of drug-likeness (QED) is 0.735. The molecule has 0 aromatic carbocycles. The number of amides is 1. The van der Waals surface area contributed by atoms with Gasteiger partial charge in [0.2, 0.25) is 5.91 Å². The van der Waals surface area contributed by atoms with Gasteiger partial charge in [0, 0.05) is 26.1 Å². The second kappa shape index (κ2) is 7.31. The van der Waals surface area contributed by atoms with Crippen molar-refractivity contribution in [2.24, 2.45) is 0 Å². The molecule has 0 aromatic rings. The molecule has 104 valence electrons. The number of halogens is 1. The van der Waals surface area contributed by atoms with E-state index in [0.717, 1.165) is 25.9 Å². The second-order valence-electron chi connectivity index (χ2n) is 5.01. The number of nitrogens with zero attached hydrogens (tertiary/aromatic N) is 1. The molecule has 5 heteroatoms. The van der Waals surface area contributed by atoms with Crippen molar-refractivity contribution < 1.29 is 14.3 Å². The predicted octanol–water partition coefficient (Wildman–Crippen LogP) is 1.80. The summed E-state index contributed by atoms with van der Waals surface area (Å²) in [4.78, 5) is 13.9. The second-order valence-corrected chi connectivity index (χ2v) is 5.32. The van der Waals surface area contributed by atoms with Gasteiger partial charge in [0.25, 0.3) is 0 Å². The summed E-state index contributed by atoms with van der Waals surface area (Å²) in [5, 5.41) is 0. The van der Waals surface area contributed by atoms with Crippen molar-refractivity contribution in [1.82, 2.24) is 4.90 Å². The zero-order valence-electron chi connectivity index (χ0n) is 10.8. The molecule has 0 N–H and O–H groups in total. The molecule has 0 radical (unpaired) electrons. The number of morpholine rings is 1. The summed E-state index contributed by atoms with van der Waals surface area (Å²) in [5.74, 6) is 0.665. The third-order valence-electron chi connectivity index (χ3n) is 3.62. The van der Waals surface area contributed by atoms with Crippen LogP contribution in [0.5, 0.6) is 0 Å². The van der Waals surface area contributed by atoms with Gasteiger partial charge in [-0.2, -0.15) is 0 Å². The Morgan fingerprint density at radius 1 is 1.22 bits per heavy atom. The highest BCUT2D eigenvalue weighted by Gasteiger charge is 2.24. The molecule has 2 saturated heterocycles. The molecular formula is C13H22ClNO3. The van der Waals surface area contributed by atoms with E-state index in [1.165, 1.54) is 6.42 Å². The van der Waals surface area contributed by atoms with Crippen LogP contribution in [0.3, 0.4) is 0 Å². The van der Waals surface area contributed by atoms with Crippen LogP contribution in [0.1, 0.15) is 32.1 Å². The first-order valence-electron chi connectivity index (χ1n) is 6.86. The normalized spacial score (nSPS) is 29.3. The average Bonchev–Trinajstić information content (AvgIpc) is 2.46. The highest BCUT2D eigenvalue weighted by molar-refractivity contribution is 6.18. The highest BCUT2D eigenvalue weighted by Crippen LogP contribution is 2.18. The third kappa shape index (κ3) is 4.11. The zero-order valence-corrected chi connectivity index (χ0v) is 11.5. The van der Waals surface area contributed by atoms with Gasteiger partial charge in [-0.1, -0.05) is 0 Å². The molecule has 0 saturated carbocycles. The van der Waals surface area contributed by atoms with Gasteiger partial charge in [-0.15, -0.1) is 11.6 Å². The van der Waals surface area contributed by atoms with E-state index in [1.54, 1.807) is 0 Å². The van der Waals surface area contributed by atoms with Crippen LogP contribution in [-0.2, 0) is 14.3 Å². The van der Waals surface area contributed by atoms with Crippen molar-refractivity contribution in [1.29, 1.82) is 0 Å². The number of hydrogen-bond acceptors (Lipinski definition) is 3. The lowest BCUT2D eigenvalue weighted by molar-refractivity contribution is -0.139. The lowest BCUT2D eigenvalue weighted by Crippen LogP contribution is -2.46. The van der Waals surface area contributed by atoms with Crippen molar-refractivity contribution in [2.75, 3.05) is 32.2 Å². The molecule has 2 aliphatic heterocycles. The molecule has 2 fully saturated rings. The first kappa shape index (κ1) is 14.1. The Labute approximate surface area is 114 Å². The van der Waals surface area contributed by atoms with Crippen LogP contribution in [0, 0.1) is 0 Å². The van der Waals surface area contributed by atoms with E-state index < -0.39 is 0 Å². The number of carbonyl (C=O) groups excluding carboxylic acids is 1. The maximum atomic E-state index is 12.1. The van der Waals surface area contributed by atoms with E-state index in [4.69, 9.17) is 21.1 Å². The highest BCUT2D eigenvalue weighted by atomic mass is 35.5. The summed E-state index contributed by atoms with van der Waals surface area (Å²) in [6.07, 6.45) is 5.20. The van der Waals surface area contributed by atoms with Gasteiger partial charge < -0.3 is 14.4 Å². The van der Waals surface area contributed by atoms with Gasteiger partial charge in [0.15, 0.2) is 0 Å². The predicted molar refractivity (Wildman–Crippen MR) is 69.9 cm³/mol. The fourth-order valence-electron chi connectivity index (χ4n) is 2.52. The topological polar surface area (TPSA) is 38.8 Å². The Kier molecular flexibility index (Phi) is 5.73. The van der Waals surface area contributed by atoms with E-state index in [0.29, 0.717) is 32.0 Å². The molecule has 1 amide bonds. The molecule has 4 nitrogen and oxygen atoms in total. The summed E-state index contributed by atoms with van der Waals surface area (Å²) in [7, 11) is 0. The smallest absolute Gasteiger partial charge is 0.222 e. The van der Waals surface area contributed by atoms with E-state index >= 15 is 0 Å². The van der Waals surface area contributed by atoms with Crippen LogP contribution < -0.4 is 0 Å². The zero-order chi connectivity index (χ0) is 12.8. The van der Waals surface area contributed by atoms with Crippen molar-refractivity contribution >= 4 is 17.5 Å². The summed E-state index contributed by atoms with van der Waals surface area (Å²) in [6.45, 7) is 2.78. The Bertz CT molecular complexity index is 269. The van der Waals surface area contributed by atoms with Crippen molar-refractivity contribution in [3.05, 3.63) is 0 Å². The molecule has 18 heavy (non-hydrogen) atoms. The van der Waals surface area contributed by atoms with Crippen LogP contribution in [-0.4, -0.2) is 55.2 Å². The van der Waals surface area contributed by atoms with Gasteiger partial charge in [-0.3, -0.25) is 4.79 Å². The monoisotopic (exact) mass is 275 g/mol. The lowest BCUT2D eigenvalue weighted by atomic mass is 10.0. The molecular weight excluding hydrogens is 254 g/mol. The minimum Gasteiger partial charge on any atom is -0.378 e. The SMILES string of the molecule is O=C(CCC1CCCCO1)N1CCOC(CCl)C1. The van der Waals surface area contributed by atoms with Gasteiger partial charge in [0.1, 0.15) is 0 Å². The summed E-state index contributed by atoms with van der Waals surface area (Å²) < 4.78 is 11.1. The van der Waals surface area contributed by atoms with Gasteiger partial charge in [-0.25, -0.2) is 0 Å². The Morgan fingerprint density at radius 2 is 2.06 bits per heavy atom. The minimum absolute atomic E-state index is 0.00435. The Hall–Kier alpha value is -0.320. The number of hydrogen-bond donors (Lipinski definition) is 0. The van der Waals surface area contributed by atoms with Gasteiger partial charge in [0.05, 0.1) is 24.7 Å². The number of ether oxygens (including phenoxy) is 2. The maximum absolute atomic E-state index is 12.1. The van der Waals surface area contributed by atoms with E-state index in [2.05, 4.69) is 0 Å². The van der Waals surface area contributed by atoms with Crippen LogP contribution in [0.2, 0.25) is 0 Å². The largest absolute Gasteiger partial charge is 0.378 e. The molecule has 0 aliphatic carbocycles. The van der Waals surface area contributed by atoms with Crippen LogP contribution in [0.4, 0.5) is 0 Å². The Morgan fingerprint density at radius 3 is 2.78 bits per heavy atom. The molecule has 0 bridgehead atoms. The van der Waals surface area contributed by atoms with E-state index in [9.17, 15) is 4.79 Å². The number of rotatable bonds is 4. The molecule has 2 unspecified atom stereocenters. The fourth-order valence-corrected chi connectivity index (χ4v) is 2.70. The van der Waals surface area contributed by atoms with Crippen LogP contribution in [0.15, 0.2) is 0 Å². The maximum Gasteiger partial charge on any atom is 0.222 e. The van der Waals surface area contributed by atoms with Gasteiger partial charge in [-0.05, 0) is 25.7 Å². The first-order valence-corrected chi connectivity index (χ1v) is 7.40. The van der Waals surface area contributed by atoms with Gasteiger partial charge >= 0.3 is 0 Å². The fraction of sp³-hybridized carbons (Fsp3) is 0.923. The molecule has 0 aromatic heterocycles. The number of carbonyl (C=O) groups is 1. The molecule has 2 aliphatic rings. The molecule has 2 atom stereocenters. The Balaban J connectivity index is 1.70. The average molecular weight is 276 g/mol. The van der Waals surface area contributed by atoms with Crippen molar-refractivity contribution in [3.63, 3.8) is 0 Å². The molecule has 2 rings (SSSR count). The van der Waals surface area contributed by atoms with Crippen LogP contribution >= 0.6 is 11.6 Å². The third-order valence-corrected chi connectivity index (χ3v) is 3.96. The molecule has 2 heterocycles. The summed E-state index contributed by atoms with van der Waals surface area (Å²) in [5.41, 5.74) is 0. The first-order chi connectivity index (χ1) is 8.79. The number of alkyl halides is 1. The lowest BCUT2D eigenvalue weighted by Gasteiger charge is -2.32. The van der Waals surface area contributed by atoms with Crippen LogP contribution in [0.25, 0.3) is 0 Å². The minimum atomic E-state index is -0.00435. The van der Waals surface area contributed by atoms with Crippen molar-refractivity contribution in [2.45, 2.75) is 44.3 Å².